The van der Waals surface area contributed by atoms with Gasteiger partial charge in [0.15, 0.2) is 0 Å². The Bertz CT molecular complexity index is 470. The zero-order chi connectivity index (χ0) is 13.4. The van der Waals surface area contributed by atoms with E-state index in [1.54, 1.807) is 19.0 Å². The molecular formula is C12H19N5OS. The van der Waals surface area contributed by atoms with Crippen molar-refractivity contribution in [2.24, 2.45) is 0 Å². The van der Waals surface area contributed by atoms with Gasteiger partial charge in [0, 0.05) is 51.2 Å². The fraction of sp³-hybridized carbons (Fsp3) is 0.750. The van der Waals surface area contributed by atoms with Gasteiger partial charge in [-0.15, -0.1) is 0 Å². The zero-order valence-corrected chi connectivity index (χ0v) is 12.1. The van der Waals surface area contributed by atoms with Gasteiger partial charge in [-0.25, -0.2) is 4.98 Å². The lowest BCUT2D eigenvalue weighted by Gasteiger charge is -2.35. The van der Waals surface area contributed by atoms with Crippen molar-refractivity contribution in [1.29, 1.82) is 0 Å². The van der Waals surface area contributed by atoms with E-state index >= 15 is 0 Å². The summed E-state index contributed by atoms with van der Waals surface area (Å²) < 4.78 is 4.44. The van der Waals surface area contributed by atoms with Gasteiger partial charge in [-0.05, 0) is 12.8 Å². The number of likely N-dealkylation sites (N-methyl/N-ethyl adjacent to an activating group) is 1. The summed E-state index contributed by atoms with van der Waals surface area (Å²) in [5.74, 6) is 1.65. The maximum Gasteiger partial charge on any atom is 0.246 e. The third-order valence-electron chi connectivity index (χ3n) is 3.59. The van der Waals surface area contributed by atoms with Gasteiger partial charge in [-0.3, -0.25) is 4.79 Å². The molecule has 0 radical (unpaired) electrons. The highest BCUT2D eigenvalue weighted by Gasteiger charge is 2.34. The van der Waals surface area contributed by atoms with Crippen LogP contribution in [0.1, 0.15) is 24.6 Å². The number of hydrogen-bond donors (Lipinski definition) is 1. The second kappa shape index (κ2) is 5.05. The lowest BCUT2D eigenvalue weighted by Crippen LogP contribution is -2.57. The molecule has 1 atom stereocenters. The van der Waals surface area contributed by atoms with E-state index in [1.807, 2.05) is 0 Å². The molecule has 7 heteroatoms. The number of carbonyl (C=O) groups excluding carboxylic acids is 1. The van der Waals surface area contributed by atoms with E-state index in [4.69, 9.17) is 0 Å². The first-order valence-electron chi connectivity index (χ1n) is 6.69. The van der Waals surface area contributed by atoms with Crippen LogP contribution in [0.15, 0.2) is 0 Å². The lowest BCUT2D eigenvalue weighted by molar-refractivity contribution is -0.130. The quantitative estimate of drug-likeness (QED) is 0.862. The molecule has 1 aromatic heterocycles. The van der Waals surface area contributed by atoms with Crippen molar-refractivity contribution in [2.75, 3.05) is 38.6 Å². The van der Waals surface area contributed by atoms with Crippen LogP contribution in [-0.2, 0) is 4.79 Å². The van der Waals surface area contributed by atoms with Crippen molar-refractivity contribution in [3.63, 3.8) is 0 Å². The molecule has 0 spiro atoms. The Labute approximate surface area is 117 Å². The van der Waals surface area contributed by atoms with E-state index in [-0.39, 0.29) is 11.9 Å². The van der Waals surface area contributed by atoms with Crippen molar-refractivity contribution in [3.8, 4) is 0 Å². The van der Waals surface area contributed by atoms with E-state index in [9.17, 15) is 4.79 Å². The Balaban J connectivity index is 1.80. The normalized spacial score (nSPS) is 23.5. The Morgan fingerprint density at radius 2 is 2.26 bits per heavy atom. The average Bonchev–Trinajstić information content (AvgIpc) is 3.16. The molecule has 1 N–H and O–H groups in total. The number of aromatic nitrogens is 2. The highest BCUT2D eigenvalue weighted by molar-refractivity contribution is 7.09. The molecular weight excluding hydrogens is 262 g/mol. The van der Waals surface area contributed by atoms with Crippen molar-refractivity contribution in [1.82, 2.24) is 19.6 Å². The molecule has 3 rings (SSSR count). The van der Waals surface area contributed by atoms with Crippen LogP contribution in [0, 0.1) is 0 Å². The van der Waals surface area contributed by atoms with Crippen molar-refractivity contribution in [3.05, 3.63) is 5.82 Å². The molecule has 2 fully saturated rings. The molecule has 2 heterocycles. The van der Waals surface area contributed by atoms with Gasteiger partial charge >= 0.3 is 0 Å². The fourth-order valence-corrected chi connectivity index (χ4v) is 3.13. The van der Waals surface area contributed by atoms with Crippen molar-refractivity contribution >= 4 is 22.6 Å². The SMILES string of the molecule is CN(C)C(=O)C1CNCCN1c1nc(C2CC2)ns1. The average molecular weight is 281 g/mol. The Morgan fingerprint density at radius 3 is 2.95 bits per heavy atom. The van der Waals surface area contributed by atoms with Crippen molar-refractivity contribution in [2.45, 2.75) is 24.8 Å². The van der Waals surface area contributed by atoms with Crippen molar-refractivity contribution < 1.29 is 4.79 Å². The maximum atomic E-state index is 12.2. The van der Waals surface area contributed by atoms with Gasteiger partial charge in [0.05, 0.1) is 0 Å². The molecule has 1 aliphatic heterocycles. The fourth-order valence-electron chi connectivity index (χ4n) is 2.30. The Kier molecular flexibility index (Phi) is 3.40. The van der Waals surface area contributed by atoms with Gasteiger partial charge in [0.25, 0.3) is 0 Å². The lowest BCUT2D eigenvalue weighted by atomic mass is 10.2. The smallest absolute Gasteiger partial charge is 0.246 e. The van der Waals surface area contributed by atoms with Crippen LogP contribution in [0.2, 0.25) is 0 Å². The number of amides is 1. The number of hydrogen-bond acceptors (Lipinski definition) is 6. The standard InChI is InChI=1S/C12H19N5OS/c1-16(2)11(18)9-7-13-5-6-17(9)12-14-10(15-19-12)8-3-4-8/h8-9,13H,3-7H2,1-2H3. The number of nitrogens with one attached hydrogen (secondary N) is 1. The molecule has 104 valence electrons. The van der Waals surface area contributed by atoms with E-state index in [0.717, 1.165) is 24.0 Å². The van der Waals surface area contributed by atoms with E-state index < -0.39 is 0 Å². The van der Waals surface area contributed by atoms with E-state index in [1.165, 1.54) is 24.4 Å². The van der Waals surface area contributed by atoms with Gasteiger partial charge in [-0.2, -0.15) is 4.37 Å². The number of nitrogens with zero attached hydrogens (tertiary/aromatic N) is 4. The summed E-state index contributed by atoms with van der Waals surface area (Å²) in [6.45, 7) is 2.37. The summed E-state index contributed by atoms with van der Waals surface area (Å²) in [5, 5.41) is 4.17. The summed E-state index contributed by atoms with van der Waals surface area (Å²) in [5.41, 5.74) is 0. The second-order valence-electron chi connectivity index (χ2n) is 5.36. The highest BCUT2D eigenvalue weighted by Crippen LogP contribution is 2.40. The predicted octanol–water partition coefficient (Wildman–Crippen LogP) is 0.282. The molecule has 19 heavy (non-hydrogen) atoms. The Morgan fingerprint density at radius 1 is 1.47 bits per heavy atom. The van der Waals surface area contributed by atoms with Crippen LogP contribution in [0.5, 0.6) is 0 Å². The second-order valence-corrected chi connectivity index (χ2v) is 6.09. The largest absolute Gasteiger partial charge is 0.347 e. The summed E-state index contributed by atoms with van der Waals surface area (Å²) >= 11 is 1.42. The molecule has 0 aromatic carbocycles. The van der Waals surface area contributed by atoms with Crippen LogP contribution in [0.25, 0.3) is 0 Å². The molecule has 1 aromatic rings. The minimum Gasteiger partial charge on any atom is -0.347 e. The molecule has 1 amide bonds. The van der Waals surface area contributed by atoms with E-state index in [0.29, 0.717) is 12.5 Å². The summed E-state index contributed by atoms with van der Waals surface area (Å²) in [4.78, 5) is 20.6. The highest BCUT2D eigenvalue weighted by atomic mass is 32.1. The molecule has 1 saturated heterocycles. The molecule has 1 unspecified atom stereocenters. The summed E-state index contributed by atoms with van der Waals surface area (Å²) in [6.07, 6.45) is 2.41. The first-order chi connectivity index (χ1) is 9.16. The number of piperazine rings is 1. The van der Waals surface area contributed by atoms with Gasteiger partial charge in [0.2, 0.25) is 11.0 Å². The zero-order valence-electron chi connectivity index (χ0n) is 11.3. The molecule has 0 bridgehead atoms. The number of anilines is 1. The van der Waals surface area contributed by atoms with Crippen LogP contribution < -0.4 is 10.2 Å². The minimum atomic E-state index is -0.163. The van der Waals surface area contributed by atoms with Crippen LogP contribution >= 0.6 is 11.5 Å². The van der Waals surface area contributed by atoms with Gasteiger partial charge < -0.3 is 15.1 Å². The van der Waals surface area contributed by atoms with Crippen LogP contribution in [0.4, 0.5) is 5.13 Å². The van der Waals surface area contributed by atoms with Gasteiger partial charge in [-0.1, -0.05) is 0 Å². The van der Waals surface area contributed by atoms with Crippen LogP contribution in [-0.4, -0.2) is 59.9 Å². The summed E-state index contributed by atoms with van der Waals surface area (Å²) in [7, 11) is 3.59. The Hall–Kier alpha value is -1.21. The minimum absolute atomic E-state index is 0.121. The monoisotopic (exact) mass is 281 g/mol. The molecule has 1 saturated carbocycles. The molecule has 2 aliphatic rings. The molecule has 6 nitrogen and oxygen atoms in total. The summed E-state index contributed by atoms with van der Waals surface area (Å²) in [6, 6.07) is -0.163. The van der Waals surface area contributed by atoms with Gasteiger partial charge in [0.1, 0.15) is 11.9 Å². The van der Waals surface area contributed by atoms with E-state index in [2.05, 4.69) is 19.6 Å². The number of carbonyl (C=O) groups is 1. The first kappa shape index (κ1) is 12.8. The number of rotatable bonds is 3. The first-order valence-corrected chi connectivity index (χ1v) is 7.46. The maximum absolute atomic E-state index is 12.2. The molecule has 1 aliphatic carbocycles. The third-order valence-corrected chi connectivity index (χ3v) is 4.36. The third kappa shape index (κ3) is 2.57. The van der Waals surface area contributed by atoms with Crippen LogP contribution in [0.3, 0.4) is 0 Å². The topological polar surface area (TPSA) is 61.4 Å². The predicted molar refractivity (Wildman–Crippen MR) is 74.6 cm³/mol.